The Morgan fingerprint density at radius 1 is 1.32 bits per heavy atom. The van der Waals surface area contributed by atoms with Crippen LogP contribution in [0.25, 0.3) is 5.70 Å². The molecule has 1 aromatic rings. The Labute approximate surface area is 144 Å². The number of fused-ring (bicyclic) bond motifs is 1. The second-order valence-electron chi connectivity index (χ2n) is 6.48. The Balaban J connectivity index is 1.82. The summed E-state index contributed by atoms with van der Waals surface area (Å²) in [6.45, 7) is 3.36. The fraction of sp³-hybridized carbons (Fsp3) is 0.471. The SMILES string of the molecule is CC1(C2OCCO2)C=C(N2CCCC2=O)c2cc([N+](=O)[O-])ccc2O1. The van der Waals surface area contributed by atoms with Crippen molar-refractivity contribution in [3.63, 3.8) is 0 Å². The summed E-state index contributed by atoms with van der Waals surface area (Å²) in [4.78, 5) is 24.6. The first-order chi connectivity index (χ1) is 12.0. The summed E-state index contributed by atoms with van der Waals surface area (Å²) in [5.74, 6) is 0.477. The van der Waals surface area contributed by atoms with Crippen LogP contribution >= 0.6 is 0 Å². The largest absolute Gasteiger partial charge is 0.477 e. The number of nitro benzene ring substituents is 1. The third-order valence-electron chi connectivity index (χ3n) is 4.66. The van der Waals surface area contributed by atoms with Gasteiger partial charge >= 0.3 is 0 Å². The molecule has 0 radical (unpaired) electrons. The average molecular weight is 346 g/mol. The molecule has 25 heavy (non-hydrogen) atoms. The molecule has 3 heterocycles. The van der Waals surface area contributed by atoms with Crippen molar-refractivity contribution >= 4 is 17.3 Å². The molecule has 0 aromatic heterocycles. The minimum absolute atomic E-state index is 0.00112. The molecule has 1 unspecified atom stereocenters. The Kier molecular flexibility index (Phi) is 3.73. The van der Waals surface area contributed by atoms with Gasteiger partial charge in [-0.1, -0.05) is 0 Å². The summed E-state index contributed by atoms with van der Waals surface area (Å²) < 4.78 is 17.3. The molecule has 1 aromatic carbocycles. The van der Waals surface area contributed by atoms with Gasteiger partial charge in [0.1, 0.15) is 5.75 Å². The van der Waals surface area contributed by atoms with Crippen molar-refractivity contribution in [2.24, 2.45) is 0 Å². The Hall–Kier alpha value is -2.45. The smallest absolute Gasteiger partial charge is 0.270 e. The van der Waals surface area contributed by atoms with Crippen LogP contribution in [0.1, 0.15) is 25.3 Å². The number of non-ortho nitro benzene ring substituents is 1. The molecule has 4 rings (SSSR count). The van der Waals surface area contributed by atoms with Gasteiger partial charge in [0, 0.05) is 30.7 Å². The van der Waals surface area contributed by atoms with Crippen LogP contribution in [0.4, 0.5) is 5.69 Å². The average Bonchev–Trinajstić information content (AvgIpc) is 3.25. The minimum Gasteiger partial charge on any atom is -0.477 e. The van der Waals surface area contributed by atoms with Crippen LogP contribution < -0.4 is 4.74 Å². The molecule has 1 amide bonds. The molecule has 2 fully saturated rings. The molecule has 1 atom stereocenters. The predicted octanol–water partition coefficient (Wildman–Crippen LogP) is 2.08. The van der Waals surface area contributed by atoms with Crippen LogP contribution in [0.3, 0.4) is 0 Å². The van der Waals surface area contributed by atoms with Crippen LogP contribution in [0.15, 0.2) is 24.3 Å². The van der Waals surface area contributed by atoms with E-state index in [1.54, 1.807) is 17.0 Å². The van der Waals surface area contributed by atoms with Crippen molar-refractivity contribution in [3.8, 4) is 5.75 Å². The molecule has 0 saturated carbocycles. The van der Waals surface area contributed by atoms with Crippen molar-refractivity contribution in [3.05, 3.63) is 40.0 Å². The van der Waals surface area contributed by atoms with E-state index in [1.807, 2.05) is 6.92 Å². The standard InChI is InChI=1S/C17H18N2O6/c1-17(16-23-7-8-24-16)10-13(18-6-2-3-15(18)20)12-9-11(19(21)22)4-5-14(12)25-17/h4-5,9-10,16H,2-3,6-8H2,1H3. The van der Waals surface area contributed by atoms with Crippen molar-refractivity contribution in [1.82, 2.24) is 4.90 Å². The number of ether oxygens (including phenoxy) is 3. The number of hydrogen-bond donors (Lipinski definition) is 0. The molecule has 3 aliphatic rings. The van der Waals surface area contributed by atoms with E-state index in [1.165, 1.54) is 12.1 Å². The predicted molar refractivity (Wildman–Crippen MR) is 86.7 cm³/mol. The van der Waals surface area contributed by atoms with Crippen LogP contribution in [0, 0.1) is 10.1 Å². The molecule has 0 spiro atoms. The number of amides is 1. The summed E-state index contributed by atoms with van der Waals surface area (Å²) in [5, 5.41) is 11.1. The number of likely N-dealkylation sites (tertiary alicyclic amines) is 1. The van der Waals surface area contributed by atoms with Gasteiger partial charge in [-0.15, -0.1) is 0 Å². The van der Waals surface area contributed by atoms with Crippen LogP contribution in [-0.2, 0) is 14.3 Å². The van der Waals surface area contributed by atoms with Gasteiger partial charge in [0.25, 0.3) is 5.69 Å². The van der Waals surface area contributed by atoms with Gasteiger partial charge in [0.2, 0.25) is 12.2 Å². The zero-order valence-corrected chi connectivity index (χ0v) is 13.8. The van der Waals surface area contributed by atoms with Gasteiger partial charge in [0.15, 0.2) is 5.60 Å². The van der Waals surface area contributed by atoms with Gasteiger partial charge in [-0.25, -0.2) is 0 Å². The molecule has 8 nitrogen and oxygen atoms in total. The Bertz CT molecular complexity index is 770. The molecule has 0 N–H and O–H groups in total. The van der Waals surface area contributed by atoms with E-state index >= 15 is 0 Å². The third-order valence-corrected chi connectivity index (χ3v) is 4.66. The van der Waals surface area contributed by atoms with Gasteiger partial charge in [-0.05, 0) is 25.5 Å². The lowest BCUT2D eigenvalue weighted by Gasteiger charge is -2.38. The maximum atomic E-state index is 12.3. The van der Waals surface area contributed by atoms with E-state index in [2.05, 4.69) is 0 Å². The third kappa shape index (κ3) is 2.67. The lowest BCUT2D eigenvalue weighted by atomic mass is 9.95. The summed E-state index contributed by atoms with van der Waals surface area (Å²) >= 11 is 0. The van der Waals surface area contributed by atoms with E-state index in [4.69, 9.17) is 14.2 Å². The zero-order chi connectivity index (χ0) is 17.6. The van der Waals surface area contributed by atoms with Crippen LogP contribution in [0.2, 0.25) is 0 Å². The van der Waals surface area contributed by atoms with E-state index in [-0.39, 0.29) is 11.6 Å². The summed E-state index contributed by atoms with van der Waals surface area (Å²) in [7, 11) is 0. The van der Waals surface area contributed by atoms with Crippen molar-refractivity contribution in [2.75, 3.05) is 19.8 Å². The van der Waals surface area contributed by atoms with Crippen molar-refractivity contribution in [2.45, 2.75) is 31.7 Å². The molecular weight excluding hydrogens is 328 g/mol. The lowest BCUT2D eigenvalue weighted by Crippen LogP contribution is -2.46. The molecular formula is C17H18N2O6. The highest BCUT2D eigenvalue weighted by molar-refractivity contribution is 5.90. The molecule has 132 valence electrons. The summed E-state index contributed by atoms with van der Waals surface area (Å²) in [5.41, 5.74) is 0.198. The first kappa shape index (κ1) is 16.0. The van der Waals surface area contributed by atoms with E-state index in [0.29, 0.717) is 43.2 Å². The Morgan fingerprint density at radius 2 is 2.08 bits per heavy atom. The Morgan fingerprint density at radius 3 is 2.72 bits per heavy atom. The first-order valence-corrected chi connectivity index (χ1v) is 8.22. The number of nitro groups is 1. The molecule has 0 bridgehead atoms. The highest BCUT2D eigenvalue weighted by Crippen LogP contribution is 2.43. The fourth-order valence-corrected chi connectivity index (χ4v) is 3.47. The quantitative estimate of drug-likeness (QED) is 0.615. The number of carbonyl (C=O) groups excluding carboxylic acids is 1. The molecule has 8 heteroatoms. The highest BCUT2D eigenvalue weighted by Gasteiger charge is 2.44. The number of hydrogen-bond acceptors (Lipinski definition) is 6. The van der Waals surface area contributed by atoms with Crippen molar-refractivity contribution in [1.29, 1.82) is 0 Å². The molecule has 0 aliphatic carbocycles. The number of carbonyl (C=O) groups is 1. The zero-order valence-electron chi connectivity index (χ0n) is 13.8. The fourth-order valence-electron chi connectivity index (χ4n) is 3.47. The normalized spacial score (nSPS) is 26.4. The van der Waals surface area contributed by atoms with Gasteiger partial charge < -0.3 is 19.1 Å². The van der Waals surface area contributed by atoms with Gasteiger partial charge in [0.05, 0.1) is 23.8 Å². The topological polar surface area (TPSA) is 91.1 Å². The van der Waals surface area contributed by atoms with E-state index in [9.17, 15) is 14.9 Å². The summed E-state index contributed by atoms with van der Waals surface area (Å²) in [6, 6.07) is 4.40. The maximum absolute atomic E-state index is 12.3. The second-order valence-corrected chi connectivity index (χ2v) is 6.48. The molecule has 3 aliphatic heterocycles. The minimum atomic E-state index is -0.919. The number of benzene rings is 1. The van der Waals surface area contributed by atoms with Gasteiger partial charge in [-0.3, -0.25) is 14.9 Å². The van der Waals surface area contributed by atoms with Crippen molar-refractivity contribution < 1.29 is 23.9 Å². The van der Waals surface area contributed by atoms with E-state index in [0.717, 1.165) is 6.42 Å². The molecule has 2 saturated heterocycles. The monoisotopic (exact) mass is 346 g/mol. The maximum Gasteiger partial charge on any atom is 0.270 e. The lowest BCUT2D eigenvalue weighted by molar-refractivity contribution is -0.384. The van der Waals surface area contributed by atoms with E-state index < -0.39 is 16.8 Å². The second kappa shape index (κ2) is 5.82. The summed E-state index contributed by atoms with van der Waals surface area (Å²) in [6.07, 6.45) is 2.42. The first-order valence-electron chi connectivity index (χ1n) is 8.22. The van der Waals surface area contributed by atoms with Crippen LogP contribution in [-0.4, -0.2) is 47.4 Å². The van der Waals surface area contributed by atoms with Gasteiger partial charge in [-0.2, -0.15) is 0 Å². The number of nitrogens with zero attached hydrogens (tertiary/aromatic N) is 2. The highest BCUT2D eigenvalue weighted by atomic mass is 16.7. The van der Waals surface area contributed by atoms with Crippen LogP contribution in [0.5, 0.6) is 5.75 Å². The number of rotatable bonds is 3.